The first kappa shape index (κ1) is 12.7. The SMILES string of the molecule is Cc1ccc(C)c(-c2nc(CCN)c(Br)s2)c1. The fourth-order valence-electron chi connectivity index (χ4n) is 1.71. The Bertz CT molecular complexity index is 534. The molecule has 0 saturated carbocycles. The summed E-state index contributed by atoms with van der Waals surface area (Å²) in [6.07, 6.45) is 0.821. The van der Waals surface area contributed by atoms with Gasteiger partial charge < -0.3 is 5.73 Å². The molecule has 0 aliphatic carbocycles. The van der Waals surface area contributed by atoms with Crippen LogP contribution in [0.2, 0.25) is 0 Å². The molecule has 0 bridgehead atoms. The van der Waals surface area contributed by atoms with Gasteiger partial charge in [0.25, 0.3) is 0 Å². The predicted octanol–water partition coefficient (Wildman–Crippen LogP) is 3.69. The molecule has 90 valence electrons. The van der Waals surface area contributed by atoms with Gasteiger partial charge in [0, 0.05) is 12.0 Å². The molecule has 0 aliphatic heterocycles. The van der Waals surface area contributed by atoms with Gasteiger partial charge in [0.2, 0.25) is 0 Å². The Morgan fingerprint density at radius 1 is 1.35 bits per heavy atom. The standard InChI is InChI=1S/C13H15BrN2S/c1-8-3-4-9(2)10(7-8)13-16-11(5-6-15)12(14)17-13/h3-4,7H,5-6,15H2,1-2H3. The van der Waals surface area contributed by atoms with Gasteiger partial charge in [-0.25, -0.2) is 4.98 Å². The van der Waals surface area contributed by atoms with Crippen LogP contribution in [0.3, 0.4) is 0 Å². The highest BCUT2D eigenvalue weighted by atomic mass is 79.9. The minimum absolute atomic E-state index is 0.634. The van der Waals surface area contributed by atoms with Crippen molar-refractivity contribution >= 4 is 27.3 Å². The van der Waals surface area contributed by atoms with Crippen molar-refractivity contribution in [3.63, 3.8) is 0 Å². The summed E-state index contributed by atoms with van der Waals surface area (Å²) in [7, 11) is 0. The van der Waals surface area contributed by atoms with E-state index in [9.17, 15) is 0 Å². The first-order valence-electron chi connectivity index (χ1n) is 5.54. The Balaban J connectivity index is 2.45. The normalized spacial score (nSPS) is 10.8. The van der Waals surface area contributed by atoms with E-state index in [0.29, 0.717) is 6.54 Å². The summed E-state index contributed by atoms with van der Waals surface area (Å²) in [5, 5.41) is 1.07. The van der Waals surface area contributed by atoms with E-state index in [0.717, 1.165) is 20.9 Å². The molecule has 0 aliphatic rings. The summed E-state index contributed by atoms with van der Waals surface area (Å²) in [4.78, 5) is 4.66. The number of benzene rings is 1. The van der Waals surface area contributed by atoms with Crippen LogP contribution in [0.1, 0.15) is 16.8 Å². The molecule has 2 rings (SSSR count). The molecule has 17 heavy (non-hydrogen) atoms. The zero-order chi connectivity index (χ0) is 12.4. The maximum Gasteiger partial charge on any atom is 0.124 e. The third-order valence-electron chi connectivity index (χ3n) is 2.65. The summed E-state index contributed by atoms with van der Waals surface area (Å²) in [6.45, 7) is 4.85. The molecule has 2 nitrogen and oxygen atoms in total. The van der Waals surface area contributed by atoms with E-state index in [1.54, 1.807) is 11.3 Å². The van der Waals surface area contributed by atoms with Gasteiger partial charge in [0.05, 0.1) is 9.48 Å². The van der Waals surface area contributed by atoms with Crippen molar-refractivity contribution in [2.24, 2.45) is 5.73 Å². The minimum Gasteiger partial charge on any atom is -0.330 e. The maximum atomic E-state index is 5.58. The Morgan fingerprint density at radius 2 is 2.12 bits per heavy atom. The molecule has 2 aromatic rings. The fraction of sp³-hybridized carbons (Fsp3) is 0.308. The molecule has 0 saturated heterocycles. The van der Waals surface area contributed by atoms with Crippen LogP contribution in [0.5, 0.6) is 0 Å². The van der Waals surface area contributed by atoms with Gasteiger partial charge in [-0.2, -0.15) is 0 Å². The molecule has 0 amide bonds. The summed E-state index contributed by atoms with van der Waals surface area (Å²) < 4.78 is 1.10. The molecule has 2 N–H and O–H groups in total. The number of nitrogens with zero attached hydrogens (tertiary/aromatic N) is 1. The van der Waals surface area contributed by atoms with Crippen molar-refractivity contribution in [3.8, 4) is 10.6 Å². The highest BCUT2D eigenvalue weighted by Crippen LogP contribution is 2.34. The molecule has 1 aromatic carbocycles. The first-order chi connectivity index (χ1) is 8.11. The molecule has 0 unspecified atom stereocenters. The number of rotatable bonds is 3. The lowest BCUT2D eigenvalue weighted by Gasteiger charge is -2.03. The molecular weight excluding hydrogens is 296 g/mol. The average Bonchev–Trinajstić information content (AvgIpc) is 2.64. The smallest absolute Gasteiger partial charge is 0.124 e. The van der Waals surface area contributed by atoms with E-state index >= 15 is 0 Å². The lowest BCUT2D eigenvalue weighted by atomic mass is 10.1. The van der Waals surface area contributed by atoms with Crippen molar-refractivity contribution in [1.29, 1.82) is 0 Å². The number of hydrogen-bond acceptors (Lipinski definition) is 3. The van der Waals surface area contributed by atoms with Gasteiger partial charge >= 0.3 is 0 Å². The number of halogens is 1. The van der Waals surface area contributed by atoms with E-state index in [-0.39, 0.29) is 0 Å². The molecule has 1 aromatic heterocycles. The van der Waals surface area contributed by atoms with E-state index in [1.165, 1.54) is 16.7 Å². The average molecular weight is 311 g/mol. The van der Waals surface area contributed by atoms with Crippen LogP contribution in [0.25, 0.3) is 10.6 Å². The minimum atomic E-state index is 0.634. The maximum absolute atomic E-state index is 5.58. The predicted molar refractivity (Wildman–Crippen MR) is 77.5 cm³/mol. The van der Waals surface area contributed by atoms with Crippen molar-refractivity contribution < 1.29 is 0 Å². The van der Waals surface area contributed by atoms with Crippen molar-refractivity contribution in [1.82, 2.24) is 4.98 Å². The van der Waals surface area contributed by atoms with Gasteiger partial charge in [-0.3, -0.25) is 0 Å². The van der Waals surface area contributed by atoms with Crippen molar-refractivity contribution in [2.45, 2.75) is 20.3 Å². The zero-order valence-corrected chi connectivity index (χ0v) is 12.4. The summed E-state index contributed by atoms with van der Waals surface area (Å²) >= 11 is 5.24. The Labute approximate surface area is 114 Å². The van der Waals surface area contributed by atoms with Gasteiger partial charge in [0.15, 0.2) is 0 Å². The quantitative estimate of drug-likeness (QED) is 0.939. The highest BCUT2D eigenvalue weighted by molar-refractivity contribution is 9.11. The fourth-order valence-corrected chi connectivity index (χ4v) is 3.37. The summed E-state index contributed by atoms with van der Waals surface area (Å²) in [5.41, 5.74) is 10.4. The second kappa shape index (κ2) is 5.29. The van der Waals surface area contributed by atoms with E-state index < -0.39 is 0 Å². The number of hydrogen-bond donors (Lipinski definition) is 1. The number of aryl methyl sites for hydroxylation is 2. The van der Waals surface area contributed by atoms with Gasteiger partial charge in [-0.15, -0.1) is 11.3 Å². The Morgan fingerprint density at radius 3 is 2.82 bits per heavy atom. The second-order valence-electron chi connectivity index (χ2n) is 4.10. The topological polar surface area (TPSA) is 38.9 Å². The number of thiazole rings is 1. The number of nitrogens with two attached hydrogens (primary N) is 1. The summed E-state index contributed by atoms with van der Waals surface area (Å²) in [6, 6.07) is 6.46. The first-order valence-corrected chi connectivity index (χ1v) is 7.15. The lowest BCUT2D eigenvalue weighted by molar-refractivity contribution is 0.931. The van der Waals surface area contributed by atoms with Crippen LogP contribution < -0.4 is 5.73 Å². The van der Waals surface area contributed by atoms with Crippen LogP contribution in [0.4, 0.5) is 0 Å². The Kier molecular flexibility index (Phi) is 3.97. The van der Waals surface area contributed by atoms with E-state index in [2.05, 4.69) is 53.0 Å². The summed E-state index contributed by atoms with van der Waals surface area (Å²) in [5.74, 6) is 0. The molecular formula is C13H15BrN2S. The van der Waals surface area contributed by atoms with Crippen molar-refractivity contribution in [2.75, 3.05) is 6.54 Å². The molecule has 0 fully saturated rings. The molecule has 0 atom stereocenters. The van der Waals surface area contributed by atoms with E-state index in [4.69, 9.17) is 5.73 Å². The molecule has 0 spiro atoms. The molecule has 0 radical (unpaired) electrons. The highest BCUT2D eigenvalue weighted by Gasteiger charge is 2.11. The van der Waals surface area contributed by atoms with E-state index in [1.807, 2.05) is 0 Å². The van der Waals surface area contributed by atoms with Gasteiger partial charge in [-0.1, -0.05) is 17.7 Å². The van der Waals surface area contributed by atoms with Crippen LogP contribution in [0.15, 0.2) is 22.0 Å². The molecule has 4 heteroatoms. The van der Waals surface area contributed by atoms with Crippen LogP contribution >= 0.6 is 27.3 Å². The second-order valence-corrected chi connectivity index (χ2v) is 6.41. The Hall–Kier alpha value is -0.710. The van der Waals surface area contributed by atoms with Crippen LogP contribution in [-0.4, -0.2) is 11.5 Å². The monoisotopic (exact) mass is 310 g/mol. The zero-order valence-electron chi connectivity index (χ0n) is 9.96. The lowest BCUT2D eigenvalue weighted by Crippen LogP contribution is -2.03. The largest absolute Gasteiger partial charge is 0.330 e. The number of aromatic nitrogens is 1. The third kappa shape index (κ3) is 2.76. The molecule has 1 heterocycles. The van der Waals surface area contributed by atoms with Gasteiger partial charge in [-0.05, 0) is 48.0 Å². The van der Waals surface area contributed by atoms with Gasteiger partial charge in [0.1, 0.15) is 5.01 Å². The van der Waals surface area contributed by atoms with Crippen molar-refractivity contribution in [3.05, 3.63) is 38.8 Å². The van der Waals surface area contributed by atoms with Crippen LogP contribution in [0, 0.1) is 13.8 Å². The van der Waals surface area contributed by atoms with Crippen LogP contribution in [-0.2, 0) is 6.42 Å². The third-order valence-corrected chi connectivity index (χ3v) is 4.52.